The molecule has 1 aromatic carbocycles. The van der Waals surface area contributed by atoms with Crippen LogP contribution in [0.5, 0.6) is 5.75 Å². The molecule has 1 aromatic rings. The number of hydrogen-bond donors (Lipinski definition) is 1. The van der Waals surface area contributed by atoms with Crippen LogP contribution in [0, 0.1) is 6.92 Å². The van der Waals surface area contributed by atoms with Gasteiger partial charge in [0, 0.05) is 0 Å². The molecule has 0 amide bonds. The molecule has 13 heavy (non-hydrogen) atoms. The van der Waals surface area contributed by atoms with Crippen LogP contribution in [0.2, 0.25) is 0 Å². The number of rotatable bonds is 1. The maximum Gasteiger partial charge on any atom is 1.00 e. The fourth-order valence-corrected chi connectivity index (χ4v) is 1.60. The summed E-state index contributed by atoms with van der Waals surface area (Å²) in [5.41, 5.74) is 0.358. The van der Waals surface area contributed by atoms with Gasteiger partial charge in [-0.25, -0.2) is 0 Å². The Balaban J connectivity index is 0.00000144. The van der Waals surface area contributed by atoms with Crippen molar-refractivity contribution in [1.82, 2.24) is 0 Å². The van der Waals surface area contributed by atoms with Crippen molar-refractivity contribution in [2.75, 3.05) is 0 Å². The third kappa shape index (κ3) is 3.28. The van der Waals surface area contributed by atoms with Crippen molar-refractivity contribution < 1.29 is 47.6 Å². The average molecular weight is 210 g/mol. The van der Waals surface area contributed by atoms with E-state index < -0.39 is 15.9 Å². The van der Waals surface area contributed by atoms with Gasteiger partial charge in [0.05, 0.1) is 4.90 Å². The van der Waals surface area contributed by atoms with E-state index >= 15 is 0 Å². The Labute approximate surface area is 98.6 Å². The van der Waals surface area contributed by atoms with Gasteiger partial charge in [-0.05, 0) is 18.6 Å². The summed E-state index contributed by atoms with van der Waals surface area (Å²) in [5, 5.41) is 10.7. The summed E-state index contributed by atoms with van der Waals surface area (Å²) in [7, 11) is -4.26. The Hall–Kier alpha value is -0.0700. The first-order valence-corrected chi connectivity index (χ1v) is 4.60. The SMILES string of the molecule is Cc1ccc([O-])cc1S(=O)(=O)O.[Na+]. The van der Waals surface area contributed by atoms with Gasteiger partial charge in [-0.15, -0.1) is 5.75 Å². The Bertz CT molecular complexity index is 399. The van der Waals surface area contributed by atoms with E-state index in [1.165, 1.54) is 19.1 Å². The fourth-order valence-electron chi connectivity index (χ4n) is 0.858. The molecule has 0 bridgehead atoms. The first kappa shape index (κ1) is 12.9. The van der Waals surface area contributed by atoms with Crippen molar-refractivity contribution in [2.45, 2.75) is 11.8 Å². The minimum absolute atomic E-state index is 0. The fraction of sp³-hybridized carbons (Fsp3) is 0.143. The largest absolute Gasteiger partial charge is 1.00 e. The maximum atomic E-state index is 10.7. The van der Waals surface area contributed by atoms with Crippen LogP contribution in [0.25, 0.3) is 0 Å². The van der Waals surface area contributed by atoms with Crippen LogP contribution in [0.15, 0.2) is 23.1 Å². The van der Waals surface area contributed by atoms with Crippen molar-refractivity contribution in [3.8, 4) is 5.75 Å². The van der Waals surface area contributed by atoms with E-state index in [4.69, 9.17) is 4.55 Å². The molecule has 6 heteroatoms. The summed E-state index contributed by atoms with van der Waals surface area (Å²) in [6, 6.07) is 3.49. The van der Waals surface area contributed by atoms with Crippen LogP contribution in [0.1, 0.15) is 5.56 Å². The van der Waals surface area contributed by atoms with Crippen LogP contribution in [-0.4, -0.2) is 13.0 Å². The Kier molecular flexibility index (Phi) is 4.41. The maximum absolute atomic E-state index is 10.7. The summed E-state index contributed by atoms with van der Waals surface area (Å²) in [5.74, 6) is -0.437. The molecule has 0 unspecified atom stereocenters. The minimum Gasteiger partial charge on any atom is -0.872 e. The molecule has 0 fully saturated rings. The molecule has 0 saturated carbocycles. The standard InChI is InChI=1S/C7H8O4S.Na/c1-5-2-3-6(8)4-7(5)12(9,10)11;/h2-4,8H,1H3,(H,9,10,11);/q;+1/p-1. The zero-order valence-electron chi connectivity index (χ0n) is 7.31. The van der Waals surface area contributed by atoms with Crippen LogP contribution in [0.4, 0.5) is 0 Å². The van der Waals surface area contributed by atoms with Crippen LogP contribution >= 0.6 is 0 Å². The molecular weight excluding hydrogens is 203 g/mol. The van der Waals surface area contributed by atoms with Crippen molar-refractivity contribution in [3.63, 3.8) is 0 Å². The van der Waals surface area contributed by atoms with Crippen LogP contribution in [-0.2, 0) is 10.1 Å². The molecular formula is C7H7NaO4S. The van der Waals surface area contributed by atoms with E-state index in [1.54, 1.807) is 0 Å². The van der Waals surface area contributed by atoms with Gasteiger partial charge >= 0.3 is 29.6 Å². The molecule has 1 rings (SSSR count). The minimum atomic E-state index is -4.26. The number of benzene rings is 1. The summed E-state index contributed by atoms with van der Waals surface area (Å²) in [6.45, 7) is 1.50. The van der Waals surface area contributed by atoms with Crippen molar-refractivity contribution in [3.05, 3.63) is 23.8 Å². The van der Waals surface area contributed by atoms with Gasteiger partial charge in [0.25, 0.3) is 10.1 Å². The average Bonchev–Trinajstić information content (AvgIpc) is 1.92. The molecule has 66 valence electrons. The Morgan fingerprint density at radius 1 is 1.38 bits per heavy atom. The van der Waals surface area contributed by atoms with Gasteiger partial charge in [-0.1, -0.05) is 12.1 Å². The topological polar surface area (TPSA) is 77.4 Å². The first-order valence-electron chi connectivity index (χ1n) is 3.16. The monoisotopic (exact) mass is 210 g/mol. The normalized spacial score (nSPS) is 10.6. The molecule has 0 heterocycles. The number of aryl methyl sites for hydroxylation is 1. The molecule has 0 aliphatic rings. The summed E-state index contributed by atoms with van der Waals surface area (Å²) < 4.78 is 29.9. The van der Waals surface area contributed by atoms with Gasteiger partial charge in [-0.2, -0.15) is 8.42 Å². The quantitative estimate of drug-likeness (QED) is 0.405. The first-order chi connectivity index (χ1) is 5.41. The summed E-state index contributed by atoms with van der Waals surface area (Å²) in [4.78, 5) is -0.324. The van der Waals surface area contributed by atoms with Crippen molar-refractivity contribution >= 4 is 10.1 Å². The smallest absolute Gasteiger partial charge is 0.872 e. The van der Waals surface area contributed by atoms with E-state index in [1.807, 2.05) is 0 Å². The van der Waals surface area contributed by atoms with E-state index in [0.717, 1.165) is 6.07 Å². The zero-order chi connectivity index (χ0) is 9.35. The van der Waals surface area contributed by atoms with Gasteiger partial charge in [0.1, 0.15) is 0 Å². The second-order valence-corrected chi connectivity index (χ2v) is 3.79. The second-order valence-electron chi connectivity index (χ2n) is 2.40. The van der Waals surface area contributed by atoms with E-state index in [9.17, 15) is 13.5 Å². The van der Waals surface area contributed by atoms with Gasteiger partial charge < -0.3 is 5.11 Å². The van der Waals surface area contributed by atoms with Crippen LogP contribution < -0.4 is 34.7 Å². The van der Waals surface area contributed by atoms with Crippen LogP contribution in [0.3, 0.4) is 0 Å². The molecule has 0 aromatic heterocycles. The van der Waals surface area contributed by atoms with E-state index in [2.05, 4.69) is 0 Å². The molecule has 0 saturated heterocycles. The van der Waals surface area contributed by atoms with Crippen molar-refractivity contribution in [2.24, 2.45) is 0 Å². The predicted octanol–water partition coefficient (Wildman–Crippen LogP) is -2.68. The third-order valence-corrected chi connectivity index (χ3v) is 2.43. The zero-order valence-corrected chi connectivity index (χ0v) is 10.1. The van der Waals surface area contributed by atoms with E-state index in [-0.39, 0.29) is 34.5 Å². The molecule has 0 atom stereocenters. The third-order valence-electron chi connectivity index (χ3n) is 1.44. The van der Waals surface area contributed by atoms with Crippen molar-refractivity contribution in [1.29, 1.82) is 0 Å². The molecule has 0 spiro atoms. The summed E-state index contributed by atoms with van der Waals surface area (Å²) in [6.07, 6.45) is 0. The van der Waals surface area contributed by atoms with Gasteiger partial charge in [-0.3, -0.25) is 4.55 Å². The Morgan fingerprint density at radius 2 is 1.92 bits per heavy atom. The molecule has 0 radical (unpaired) electrons. The van der Waals surface area contributed by atoms with Gasteiger partial charge in [0.15, 0.2) is 0 Å². The Morgan fingerprint density at radius 3 is 2.31 bits per heavy atom. The predicted molar refractivity (Wildman–Crippen MR) is 40.4 cm³/mol. The molecule has 0 aliphatic heterocycles. The summed E-state index contributed by atoms with van der Waals surface area (Å²) >= 11 is 0. The molecule has 1 N–H and O–H groups in total. The second kappa shape index (κ2) is 4.43. The number of hydrogen-bond acceptors (Lipinski definition) is 3. The van der Waals surface area contributed by atoms with E-state index in [0.29, 0.717) is 5.56 Å². The molecule has 4 nitrogen and oxygen atoms in total. The van der Waals surface area contributed by atoms with Gasteiger partial charge in [0.2, 0.25) is 0 Å². The molecule has 0 aliphatic carbocycles.